The van der Waals surface area contributed by atoms with Crippen LogP contribution >= 0.6 is 0 Å². The Morgan fingerprint density at radius 3 is 2.59 bits per heavy atom. The van der Waals surface area contributed by atoms with E-state index in [0.29, 0.717) is 6.61 Å². The van der Waals surface area contributed by atoms with Gasteiger partial charge in [-0.25, -0.2) is 0 Å². The van der Waals surface area contributed by atoms with Crippen molar-refractivity contribution in [3.63, 3.8) is 0 Å². The molecule has 0 aliphatic rings. The van der Waals surface area contributed by atoms with Crippen molar-refractivity contribution in [2.75, 3.05) is 20.3 Å². The number of ether oxygens (including phenoxy) is 1. The molecule has 0 heterocycles. The Labute approximate surface area is 104 Å². The SMILES string of the molecule is CNC(CO)CCOc1cc(C)cc(C)c1C. The van der Waals surface area contributed by atoms with Crippen molar-refractivity contribution in [3.8, 4) is 5.75 Å². The largest absolute Gasteiger partial charge is 0.493 e. The fourth-order valence-corrected chi connectivity index (χ4v) is 1.79. The molecule has 96 valence electrons. The molecular weight excluding hydrogens is 214 g/mol. The van der Waals surface area contributed by atoms with Gasteiger partial charge in [-0.05, 0) is 57.0 Å². The number of aryl methyl sites for hydroxylation is 2. The van der Waals surface area contributed by atoms with E-state index >= 15 is 0 Å². The topological polar surface area (TPSA) is 41.5 Å². The highest BCUT2D eigenvalue weighted by Crippen LogP contribution is 2.23. The van der Waals surface area contributed by atoms with Crippen molar-refractivity contribution in [3.05, 3.63) is 28.8 Å². The molecule has 0 aliphatic carbocycles. The van der Waals surface area contributed by atoms with Crippen molar-refractivity contribution in [2.24, 2.45) is 0 Å². The van der Waals surface area contributed by atoms with Gasteiger partial charge in [0.25, 0.3) is 0 Å². The lowest BCUT2D eigenvalue weighted by Gasteiger charge is -2.16. The second-order valence-electron chi connectivity index (χ2n) is 4.51. The maximum Gasteiger partial charge on any atom is 0.122 e. The molecule has 0 fully saturated rings. The van der Waals surface area contributed by atoms with E-state index in [2.05, 4.69) is 38.2 Å². The van der Waals surface area contributed by atoms with Crippen LogP contribution in [0, 0.1) is 20.8 Å². The summed E-state index contributed by atoms with van der Waals surface area (Å²) in [4.78, 5) is 0. The lowest BCUT2D eigenvalue weighted by molar-refractivity contribution is 0.214. The van der Waals surface area contributed by atoms with Gasteiger partial charge in [-0.1, -0.05) is 6.07 Å². The summed E-state index contributed by atoms with van der Waals surface area (Å²) < 4.78 is 5.78. The van der Waals surface area contributed by atoms with Gasteiger partial charge in [0.15, 0.2) is 0 Å². The first-order valence-corrected chi connectivity index (χ1v) is 6.07. The fourth-order valence-electron chi connectivity index (χ4n) is 1.79. The zero-order valence-corrected chi connectivity index (χ0v) is 11.2. The van der Waals surface area contributed by atoms with Gasteiger partial charge in [-0.15, -0.1) is 0 Å². The van der Waals surface area contributed by atoms with E-state index in [1.165, 1.54) is 16.7 Å². The molecule has 0 bridgehead atoms. The van der Waals surface area contributed by atoms with Crippen LogP contribution in [0.3, 0.4) is 0 Å². The number of likely N-dealkylation sites (N-methyl/N-ethyl adjacent to an activating group) is 1. The third-order valence-electron chi connectivity index (χ3n) is 3.12. The summed E-state index contributed by atoms with van der Waals surface area (Å²) in [5.41, 5.74) is 3.67. The van der Waals surface area contributed by atoms with Gasteiger partial charge in [0.1, 0.15) is 5.75 Å². The molecule has 3 heteroatoms. The van der Waals surface area contributed by atoms with Gasteiger partial charge in [0.2, 0.25) is 0 Å². The third-order valence-corrected chi connectivity index (χ3v) is 3.12. The zero-order valence-electron chi connectivity index (χ0n) is 11.2. The maximum atomic E-state index is 9.05. The molecule has 0 saturated heterocycles. The molecule has 1 aromatic rings. The molecule has 0 radical (unpaired) electrons. The number of hydrogen-bond donors (Lipinski definition) is 2. The first kappa shape index (κ1) is 14.0. The smallest absolute Gasteiger partial charge is 0.122 e. The number of aliphatic hydroxyl groups excluding tert-OH is 1. The predicted molar refractivity (Wildman–Crippen MR) is 70.7 cm³/mol. The van der Waals surface area contributed by atoms with Crippen LogP contribution in [0.15, 0.2) is 12.1 Å². The molecule has 0 amide bonds. The Hall–Kier alpha value is -1.06. The lowest BCUT2D eigenvalue weighted by Crippen LogP contribution is -2.30. The summed E-state index contributed by atoms with van der Waals surface area (Å²) in [6.45, 7) is 7.01. The Morgan fingerprint density at radius 1 is 1.29 bits per heavy atom. The van der Waals surface area contributed by atoms with Crippen LogP contribution in [-0.4, -0.2) is 31.4 Å². The lowest BCUT2D eigenvalue weighted by atomic mass is 10.1. The Kier molecular flexibility index (Phi) is 5.45. The van der Waals surface area contributed by atoms with Crippen LogP contribution in [0.4, 0.5) is 0 Å². The van der Waals surface area contributed by atoms with Crippen molar-refractivity contribution in [1.82, 2.24) is 5.32 Å². The van der Waals surface area contributed by atoms with E-state index in [4.69, 9.17) is 9.84 Å². The van der Waals surface area contributed by atoms with Gasteiger partial charge in [-0.2, -0.15) is 0 Å². The second kappa shape index (κ2) is 6.62. The Bertz CT molecular complexity index is 359. The maximum absolute atomic E-state index is 9.05. The average Bonchev–Trinajstić information content (AvgIpc) is 2.30. The van der Waals surface area contributed by atoms with E-state index in [1.807, 2.05) is 7.05 Å². The summed E-state index contributed by atoms with van der Waals surface area (Å²) in [5.74, 6) is 0.954. The number of hydrogen-bond acceptors (Lipinski definition) is 3. The minimum atomic E-state index is 0.112. The fraction of sp³-hybridized carbons (Fsp3) is 0.571. The van der Waals surface area contributed by atoms with E-state index in [-0.39, 0.29) is 12.6 Å². The predicted octanol–water partition coefficient (Wildman–Crippen LogP) is 1.96. The summed E-state index contributed by atoms with van der Waals surface area (Å²) in [7, 11) is 1.85. The molecule has 2 N–H and O–H groups in total. The van der Waals surface area contributed by atoms with Crippen LogP contribution < -0.4 is 10.1 Å². The van der Waals surface area contributed by atoms with Crippen molar-refractivity contribution < 1.29 is 9.84 Å². The van der Waals surface area contributed by atoms with E-state index in [1.54, 1.807) is 0 Å². The van der Waals surface area contributed by atoms with Crippen LogP contribution in [0.5, 0.6) is 5.75 Å². The minimum Gasteiger partial charge on any atom is -0.493 e. The molecule has 0 aromatic heterocycles. The molecule has 3 nitrogen and oxygen atoms in total. The Morgan fingerprint density at radius 2 is 2.00 bits per heavy atom. The van der Waals surface area contributed by atoms with Crippen LogP contribution in [-0.2, 0) is 0 Å². The van der Waals surface area contributed by atoms with Crippen molar-refractivity contribution in [1.29, 1.82) is 0 Å². The van der Waals surface area contributed by atoms with E-state index in [0.717, 1.165) is 12.2 Å². The van der Waals surface area contributed by atoms with E-state index < -0.39 is 0 Å². The molecule has 0 aliphatic heterocycles. The van der Waals surface area contributed by atoms with Gasteiger partial charge in [0.05, 0.1) is 13.2 Å². The van der Waals surface area contributed by atoms with Crippen LogP contribution in [0.25, 0.3) is 0 Å². The molecule has 0 saturated carbocycles. The van der Waals surface area contributed by atoms with Crippen molar-refractivity contribution in [2.45, 2.75) is 33.2 Å². The zero-order chi connectivity index (χ0) is 12.8. The second-order valence-corrected chi connectivity index (χ2v) is 4.51. The molecule has 1 aromatic carbocycles. The normalized spacial score (nSPS) is 12.5. The number of benzene rings is 1. The first-order chi connectivity index (χ1) is 8.08. The minimum absolute atomic E-state index is 0.112. The average molecular weight is 237 g/mol. The molecule has 1 rings (SSSR count). The summed E-state index contributed by atoms with van der Waals surface area (Å²) >= 11 is 0. The van der Waals surface area contributed by atoms with Gasteiger partial charge >= 0.3 is 0 Å². The molecule has 0 spiro atoms. The highest BCUT2D eigenvalue weighted by atomic mass is 16.5. The van der Waals surface area contributed by atoms with Gasteiger partial charge in [0, 0.05) is 6.04 Å². The van der Waals surface area contributed by atoms with Crippen LogP contribution in [0.1, 0.15) is 23.1 Å². The van der Waals surface area contributed by atoms with Gasteiger partial charge < -0.3 is 15.2 Å². The summed E-state index contributed by atoms with van der Waals surface area (Å²) in [6.07, 6.45) is 0.805. The van der Waals surface area contributed by atoms with E-state index in [9.17, 15) is 0 Å². The third kappa shape index (κ3) is 4.02. The molecule has 1 atom stereocenters. The summed E-state index contributed by atoms with van der Waals surface area (Å²) in [5, 5.41) is 12.1. The number of nitrogens with one attached hydrogen (secondary N) is 1. The summed E-state index contributed by atoms with van der Waals surface area (Å²) in [6, 6.07) is 4.34. The molecular formula is C14H23NO2. The monoisotopic (exact) mass is 237 g/mol. The Balaban J connectivity index is 2.57. The first-order valence-electron chi connectivity index (χ1n) is 6.07. The standard InChI is InChI=1S/C14H23NO2/c1-10-7-11(2)12(3)14(8-10)17-6-5-13(9-16)15-4/h7-8,13,15-16H,5-6,9H2,1-4H3. The number of rotatable bonds is 6. The highest BCUT2D eigenvalue weighted by molar-refractivity contribution is 5.41. The van der Waals surface area contributed by atoms with Gasteiger partial charge in [-0.3, -0.25) is 0 Å². The quantitative estimate of drug-likeness (QED) is 0.794. The van der Waals surface area contributed by atoms with Crippen molar-refractivity contribution >= 4 is 0 Å². The number of aliphatic hydroxyl groups is 1. The highest BCUT2D eigenvalue weighted by Gasteiger charge is 2.07. The van der Waals surface area contributed by atoms with Crippen LogP contribution in [0.2, 0.25) is 0 Å². The molecule has 17 heavy (non-hydrogen) atoms. The molecule has 1 unspecified atom stereocenters.